The third-order valence-electron chi connectivity index (χ3n) is 5.87. The molecule has 0 unspecified atom stereocenters. The molecule has 5 nitrogen and oxygen atoms in total. The summed E-state index contributed by atoms with van der Waals surface area (Å²) < 4.78 is 37.0. The smallest absolute Gasteiger partial charge is 0.475 e. The number of esters is 1. The monoisotopic (exact) mass is 407 g/mol. The summed E-state index contributed by atoms with van der Waals surface area (Å²) in [5, 5.41) is 7.12. The zero-order valence-electron chi connectivity index (χ0n) is 16.9. The first-order chi connectivity index (χ1) is 12.6. The number of ether oxygens (including phenoxy) is 1. The van der Waals surface area contributed by atoms with Crippen LogP contribution < -0.4 is 5.73 Å². The third-order valence-corrected chi connectivity index (χ3v) is 5.87. The first-order valence-corrected chi connectivity index (χ1v) is 9.91. The molecule has 2 spiro atoms. The van der Waals surface area contributed by atoms with Crippen LogP contribution in [0.5, 0.6) is 0 Å². The van der Waals surface area contributed by atoms with Crippen LogP contribution in [-0.2, 0) is 14.3 Å². The van der Waals surface area contributed by atoms with Gasteiger partial charge in [0, 0.05) is 12.5 Å². The van der Waals surface area contributed by atoms with Gasteiger partial charge < -0.3 is 15.6 Å². The van der Waals surface area contributed by atoms with Crippen LogP contribution in [0.3, 0.4) is 0 Å². The lowest BCUT2D eigenvalue weighted by Crippen LogP contribution is -2.37. The van der Waals surface area contributed by atoms with Gasteiger partial charge in [0.1, 0.15) is 5.60 Å². The average Bonchev–Trinajstić information content (AvgIpc) is 3.30. The van der Waals surface area contributed by atoms with E-state index in [1.165, 1.54) is 51.4 Å². The van der Waals surface area contributed by atoms with Gasteiger partial charge in [0.05, 0.1) is 0 Å². The largest absolute Gasteiger partial charge is 0.490 e. The Morgan fingerprint density at radius 1 is 1.00 bits per heavy atom. The zero-order chi connectivity index (χ0) is 21.4. The van der Waals surface area contributed by atoms with Crippen molar-refractivity contribution in [2.24, 2.45) is 22.5 Å². The molecule has 4 saturated carbocycles. The number of carboxylic acids is 1. The Morgan fingerprint density at radius 3 is 1.64 bits per heavy atom. The van der Waals surface area contributed by atoms with Crippen LogP contribution in [0.1, 0.15) is 78.6 Å². The molecule has 4 aliphatic carbocycles. The minimum atomic E-state index is -5.08. The second-order valence-electron chi connectivity index (χ2n) is 10.0. The Balaban J connectivity index is 0.000000168. The van der Waals surface area contributed by atoms with Crippen molar-refractivity contribution in [3.8, 4) is 0 Å². The van der Waals surface area contributed by atoms with E-state index in [0.29, 0.717) is 23.8 Å². The predicted octanol–water partition coefficient (Wildman–Crippen LogP) is 4.43. The molecule has 162 valence electrons. The number of alkyl halides is 3. The maximum Gasteiger partial charge on any atom is 0.490 e. The Bertz CT molecular complexity index is 573. The van der Waals surface area contributed by atoms with Gasteiger partial charge in [-0.25, -0.2) is 4.79 Å². The van der Waals surface area contributed by atoms with Crippen LogP contribution in [0.15, 0.2) is 0 Å². The number of aliphatic carboxylic acids is 1. The fourth-order valence-electron chi connectivity index (χ4n) is 4.15. The number of carbonyl (C=O) groups excluding carboxylic acids is 1. The minimum absolute atomic E-state index is 0.0157. The first kappa shape index (κ1) is 23.0. The van der Waals surface area contributed by atoms with Crippen molar-refractivity contribution in [1.82, 2.24) is 0 Å². The molecular formula is C20H32F3NO4. The Labute approximate surface area is 164 Å². The van der Waals surface area contributed by atoms with E-state index >= 15 is 0 Å². The highest BCUT2D eigenvalue weighted by atomic mass is 19.4. The second-order valence-corrected chi connectivity index (χ2v) is 10.0. The summed E-state index contributed by atoms with van der Waals surface area (Å²) in [6, 6.07) is 0.572. The molecule has 3 N–H and O–H groups in total. The lowest BCUT2D eigenvalue weighted by molar-refractivity contribution is -0.192. The number of rotatable bonds is 2. The minimum Gasteiger partial charge on any atom is -0.475 e. The molecule has 0 heterocycles. The van der Waals surface area contributed by atoms with Crippen molar-refractivity contribution in [2.75, 3.05) is 0 Å². The normalized spacial score (nSPS) is 25.9. The van der Waals surface area contributed by atoms with Gasteiger partial charge in [0.25, 0.3) is 0 Å². The quantitative estimate of drug-likeness (QED) is 0.661. The number of carboxylic acid groups (broad SMARTS) is 1. The summed E-state index contributed by atoms with van der Waals surface area (Å²) in [5.41, 5.74) is 6.79. The SMILES string of the molecule is CC(C)(C)OC(=O)CC1CC2(CC2)C1.NC1CC2(CC2)C1.O=C(O)C(F)(F)F. The van der Waals surface area contributed by atoms with E-state index in [-0.39, 0.29) is 11.6 Å². The Morgan fingerprint density at radius 2 is 1.39 bits per heavy atom. The fourth-order valence-corrected chi connectivity index (χ4v) is 4.15. The highest BCUT2D eigenvalue weighted by molar-refractivity contribution is 5.73. The number of hydrogen-bond donors (Lipinski definition) is 2. The number of nitrogens with two attached hydrogens (primary N) is 1. The van der Waals surface area contributed by atoms with E-state index in [1.54, 1.807) is 0 Å². The topological polar surface area (TPSA) is 89.6 Å². The molecule has 28 heavy (non-hydrogen) atoms. The first-order valence-electron chi connectivity index (χ1n) is 9.91. The van der Waals surface area contributed by atoms with Crippen molar-refractivity contribution >= 4 is 11.9 Å². The second kappa shape index (κ2) is 7.84. The van der Waals surface area contributed by atoms with E-state index in [2.05, 4.69) is 0 Å². The van der Waals surface area contributed by atoms with Crippen LogP contribution in [0.2, 0.25) is 0 Å². The van der Waals surface area contributed by atoms with Gasteiger partial charge in [-0.05, 0) is 88.9 Å². The van der Waals surface area contributed by atoms with Crippen molar-refractivity contribution in [1.29, 1.82) is 0 Å². The summed E-state index contributed by atoms with van der Waals surface area (Å²) in [7, 11) is 0. The van der Waals surface area contributed by atoms with Crippen LogP contribution >= 0.6 is 0 Å². The van der Waals surface area contributed by atoms with Crippen LogP contribution in [0.25, 0.3) is 0 Å². The highest BCUT2D eigenvalue weighted by Crippen LogP contribution is 2.64. The van der Waals surface area contributed by atoms with Gasteiger partial charge in [-0.3, -0.25) is 4.79 Å². The summed E-state index contributed by atoms with van der Waals surface area (Å²) in [5.74, 6) is -2.15. The van der Waals surface area contributed by atoms with E-state index in [4.69, 9.17) is 20.4 Å². The van der Waals surface area contributed by atoms with E-state index < -0.39 is 12.1 Å². The van der Waals surface area contributed by atoms with Gasteiger partial charge in [-0.1, -0.05) is 0 Å². The van der Waals surface area contributed by atoms with Crippen molar-refractivity contribution in [3.63, 3.8) is 0 Å². The summed E-state index contributed by atoms with van der Waals surface area (Å²) in [6.07, 6.45) is 6.49. The molecule has 8 heteroatoms. The zero-order valence-corrected chi connectivity index (χ0v) is 16.9. The van der Waals surface area contributed by atoms with Crippen LogP contribution in [0, 0.1) is 16.7 Å². The molecule has 4 rings (SSSR count). The molecule has 0 atom stereocenters. The van der Waals surface area contributed by atoms with Gasteiger partial charge in [-0.2, -0.15) is 13.2 Å². The van der Waals surface area contributed by atoms with Gasteiger partial charge in [0.15, 0.2) is 0 Å². The third kappa shape index (κ3) is 7.26. The van der Waals surface area contributed by atoms with Gasteiger partial charge in [0.2, 0.25) is 0 Å². The molecular weight excluding hydrogens is 375 g/mol. The van der Waals surface area contributed by atoms with E-state index in [9.17, 15) is 18.0 Å². The molecule has 4 fully saturated rings. The molecule has 0 aliphatic heterocycles. The maximum atomic E-state index is 11.5. The molecule has 4 aliphatic rings. The van der Waals surface area contributed by atoms with Crippen LogP contribution in [-0.4, -0.2) is 34.9 Å². The summed E-state index contributed by atoms with van der Waals surface area (Å²) >= 11 is 0. The summed E-state index contributed by atoms with van der Waals surface area (Å²) in [6.45, 7) is 5.77. The summed E-state index contributed by atoms with van der Waals surface area (Å²) in [4.78, 5) is 20.4. The van der Waals surface area contributed by atoms with Crippen LogP contribution in [0.4, 0.5) is 13.2 Å². The molecule has 0 aromatic carbocycles. The Kier molecular flexibility index (Phi) is 6.43. The molecule has 0 radical (unpaired) electrons. The molecule has 0 aromatic heterocycles. The highest BCUT2D eigenvalue weighted by Gasteiger charge is 2.53. The van der Waals surface area contributed by atoms with Crippen molar-refractivity contribution < 1.29 is 32.6 Å². The number of halogens is 3. The lowest BCUT2D eigenvalue weighted by atomic mass is 9.70. The average molecular weight is 407 g/mol. The van der Waals surface area contributed by atoms with E-state index in [1.807, 2.05) is 20.8 Å². The number of hydrogen-bond acceptors (Lipinski definition) is 4. The fraction of sp³-hybridized carbons (Fsp3) is 0.900. The van der Waals surface area contributed by atoms with Gasteiger partial charge >= 0.3 is 18.1 Å². The van der Waals surface area contributed by atoms with Crippen molar-refractivity contribution in [3.05, 3.63) is 0 Å². The predicted molar refractivity (Wildman–Crippen MR) is 97.4 cm³/mol. The molecule has 0 aromatic rings. The molecule has 0 bridgehead atoms. The van der Waals surface area contributed by atoms with E-state index in [0.717, 1.165) is 5.41 Å². The lowest BCUT2D eigenvalue weighted by Gasteiger charge is -2.35. The number of carbonyl (C=O) groups is 2. The standard InChI is InChI=1S/C12H20O2.C6H11N.C2HF3O2/c1-11(2,3)14-10(13)6-9-7-12(8-9)4-5-12;7-5-3-6(4-5)1-2-6;3-2(4,5)1(6)7/h9H,4-8H2,1-3H3;5H,1-4,7H2;(H,6,7). The molecule has 0 amide bonds. The maximum absolute atomic E-state index is 11.5. The van der Waals surface area contributed by atoms with Gasteiger partial charge in [-0.15, -0.1) is 0 Å². The van der Waals surface area contributed by atoms with Crippen molar-refractivity contribution in [2.45, 2.75) is 96.4 Å². The molecule has 0 saturated heterocycles. The Hall–Kier alpha value is -1.31.